The predicted molar refractivity (Wildman–Crippen MR) is 77.0 cm³/mol. The predicted octanol–water partition coefficient (Wildman–Crippen LogP) is 4.65. The first-order valence-electron chi connectivity index (χ1n) is 6.66. The van der Waals surface area contributed by atoms with Gasteiger partial charge in [-0.05, 0) is 42.0 Å². The summed E-state index contributed by atoms with van der Waals surface area (Å²) in [5.74, 6) is -0.169. The Bertz CT molecular complexity index is 417. The van der Waals surface area contributed by atoms with Gasteiger partial charge in [0, 0.05) is 17.1 Å². The van der Waals surface area contributed by atoms with Crippen LogP contribution in [-0.4, -0.2) is 6.04 Å². The number of rotatable bonds is 3. The van der Waals surface area contributed by atoms with Crippen molar-refractivity contribution < 1.29 is 4.39 Å². The van der Waals surface area contributed by atoms with Crippen molar-refractivity contribution in [3.05, 3.63) is 34.1 Å². The maximum atomic E-state index is 13.2. The fourth-order valence-corrected chi connectivity index (χ4v) is 3.17. The van der Waals surface area contributed by atoms with Crippen LogP contribution in [0.15, 0.2) is 22.7 Å². The van der Waals surface area contributed by atoms with Crippen molar-refractivity contribution in [2.45, 2.75) is 52.1 Å². The lowest BCUT2D eigenvalue weighted by atomic mass is 9.73. The fourth-order valence-electron chi connectivity index (χ4n) is 2.78. The van der Waals surface area contributed by atoms with Crippen molar-refractivity contribution in [3.63, 3.8) is 0 Å². The molecule has 1 fully saturated rings. The van der Waals surface area contributed by atoms with Crippen molar-refractivity contribution in [1.29, 1.82) is 0 Å². The molecule has 1 atom stereocenters. The molecule has 0 amide bonds. The monoisotopic (exact) mass is 313 g/mol. The van der Waals surface area contributed by atoms with E-state index < -0.39 is 0 Å². The Morgan fingerprint density at radius 1 is 1.39 bits per heavy atom. The largest absolute Gasteiger partial charge is 0.309 e. The van der Waals surface area contributed by atoms with E-state index in [-0.39, 0.29) is 5.82 Å². The molecule has 0 aromatic heterocycles. The molecule has 1 aliphatic rings. The van der Waals surface area contributed by atoms with Crippen molar-refractivity contribution >= 4 is 15.9 Å². The van der Waals surface area contributed by atoms with Gasteiger partial charge in [-0.1, -0.05) is 42.6 Å². The molecule has 0 saturated heterocycles. The van der Waals surface area contributed by atoms with Crippen molar-refractivity contribution in [1.82, 2.24) is 5.32 Å². The summed E-state index contributed by atoms with van der Waals surface area (Å²) in [6.07, 6.45) is 5.12. The lowest BCUT2D eigenvalue weighted by molar-refractivity contribution is 0.166. The van der Waals surface area contributed by atoms with Gasteiger partial charge < -0.3 is 5.32 Å². The molecule has 1 nitrogen and oxygen atoms in total. The first kappa shape index (κ1) is 14.0. The average Bonchev–Trinajstić information content (AvgIpc) is 2.31. The first-order valence-corrected chi connectivity index (χ1v) is 7.46. The molecule has 0 radical (unpaired) electrons. The third-order valence-electron chi connectivity index (χ3n) is 4.05. The second-order valence-corrected chi connectivity index (χ2v) is 6.76. The van der Waals surface area contributed by atoms with Crippen LogP contribution in [0.1, 0.15) is 45.1 Å². The molecule has 0 aliphatic heterocycles. The van der Waals surface area contributed by atoms with Crippen LogP contribution in [0.5, 0.6) is 0 Å². The minimum Gasteiger partial charge on any atom is -0.309 e. The molecule has 1 aromatic carbocycles. The molecule has 0 bridgehead atoms. The van der Waals surface area contributed by atoms with Gasteiger partial charge in [-0.2, -0.15) is 0 Å². The van der Waals surface area contributed by atoms with Gasteiger partial charge in [0.05, 0.1) is 0 Å². The molecule has 1 unspecified atom stereocenters. The lowest BCUT2D eigenvalue weighted by Gasteiger charge is -2.39. The van der Waals surface area contributed by atoms with Gasteiger partial charge in [-0.3, -0.25) is 0 Å². The highest BCUT2D eigenvalue weighted by Crippen LogP contribution is 2.35. The Hall–Kier alpha value is -0.410. The molecule has 1 N–H and O–H groups in total. The van der Waals surface area contributed by atoms with Crippen LogP contribution in [0, 0.1) is 11.2 Å². The van der Waals surface area contributed by atoms with Gasteiger partial charge in [0.15, 0.2) is 0 Å². The van der Waals surface area contributed by atoms with Crippen LogP contribution >= 0.6 is 15.9 Å². The molecule has 18 heavy (non-hydrogen) atoms. The van der Waals surface area contributed by atoms with E-state index in [2.05, 4.69) is 35.1 Å². The molecule has 100 valence electrons. The highest BCUT2D eigenvalue weighted by Gasteiger charge is 2.31. The van der Waals surface area contributed by atoms with Crippen LogP contribution in [0.4, 0.5) is 4.39 Å². The Balaban J connectivity index is 2.00. The fraction of sp³-hybridized carbons (Fsp3) is 0.600. The van der Waals surface area contributed by atoms with Crippen LogP contribution in [-0.2, 0) is 6.54 Å². The zero-order chi connectivity index (χ0) is 13.2. The lowest BCUT2D eigenvalue weighted by Crippen LogP contribution is -2.43. The van der Waals surface area contributed by atoms with E-state index >= 15 is 0 Å². The Morgan fingerprint density at radius 2 is 2.17 bits per heavy atom. The van der Waals surface area contributed by atoms with Crippen molar-refractivity contribution in [2.24, 2.45) is 5.41 Å². The van der Waals surface area contributed by atoms with Crippen LogP contribution in [0.25, 0.3) is 0 Å². The van der Waals surface area contributed by atoms with Gasteiger partial charge in [-0.25, -0.2) is 4.39 Å². The van der Waals surface area contributed by atoms with Crippen LogP contribution in [0.3, 0.4) is 0 Å². The second-order valence-electron chi connectivity index (χ2n) is 5.90. The molecule has 0 spiro atoms. The quantitative estimate of drug-likeness (QED) is 0.856. The molecule has 0 heterocycles. The minimum atomic E-state index is -0.169. The summed E-state index contributed by atoms with van der Waals surface area (Å²) in [6, 6.07) is 5.39. The van der Waals surface area contributed by atoms with Gasteiger partial charge in [0.2, 0.25) is 0 Å². The van der Waals surface area contributed by atoms with Gasteiger partial charge in [0.25, 0.3) is 0 Å². The van der Waals surface area contributed by atoms with E-state index in [1.165, 1.54) is 31.7 Å². The van der Waals surface area contributed by atoms with Crippen LogP contribution in [0.2, 0.25) is 0 Å². The summed E-state index contributed by atoms with van der Waals surface area (Å²) in [6.45, 7) is 5.38. The number of benzene rings is 1. The second kappa shape index (κ2) is 5.70. The van der Waals surface area contributed by atoms with Gasteiger partial charge in [0.1, 0.15) is 5.82 Å². The molecular weight excluding hydrogens is 293 g/mol. The summed E-state index contributed by atoms with van der Waals surface area (Å²) in [5, 5.41) is 3.60. The maximum absolute atomic E-state index is 13.2. The number of halogens is 2. The smallest absolute Gasteiger partial charge is 0.123 e. The third kappa shape index (κ3) is 3.33. The zero-order valence-corrected chi connectivity index (χ0v) is 12.7. The zero-order valence-electron chi connectivity index (χ0n) is 11.1. The van der Waals surface area contributed by atoms with Gasteiger partial charge >= 0.3 is 0 Å². The summed E-state index contributed by atoms with van der Waals surface area (Å²) in [5.41, 5.74) is 1.34. The SMILES string of the molecule is CC1(C)CCCCC1NCc1cc(F)ccc1Br. The Labute approximate surface area is 117 Å². The molecule has 2 rings (SSSR count). The number of nitrogens with one attached hydrogen (secondary N) is 1. The highest BCUT2D eigenvalue weighted by molar-refractivity contribution is 9.10. The Morgan fingerprint density at radius 3 is 2.89 bits per heavy atom. The third-order valence-corrected chi connectivity index (χ3v) is 4.83. The van der Waals surface area contributed by atoms with E-state index in [1.54, 1.807) is 12.1 Å². The summed E-state index contributed by atoms with van der Waals surface area (Å²) >= 11 is 3.48. The number of hydrogen-bond donors (Lipinski definition) is 1. The number of hydrogen-bond acceptors (Lipinski definition) is 1. The van der Waals surface area contributed by atoms with E-state index in [4.69, 9.17) is 0 Å². The molecular formula is C15H21BrFN. The molecule has 3 heteroatoms. The topological polar surface area (TPSA) is 12.0 Å². The van der Waals surface area contributed by atoms with E-state index in [1.807, 2.05) is 0 Å². The normalized spacial score (nSPS) is 23.0. The summed E-state index contributed by atoms with van der Waals surface area (Å²) in [7, 11) is 0. The molecule has 1 aliphatic carbocycles. The molecule has 1 saturated carbocycles. The molecule has 1 aromatic rings. The van der Waals surface area contributed by atoms with Gasteiger partial charge in [-0.15, -0.1) is 0 Å². The maximum Gasteiger partial charge on any atom is 0.123 e. The Kier molecular flexibility index (Phi) is 4.44. The average molecular weight is 314 g/mol. The van der Waals surface area contributed by atoms with Crippen molar-refractivity contribution in [2.75, 3.05) is 0 Å². The van der Waals surface area contributed by atoms with Crippen LogP contribution < -0.4 is 5.32 Å². The van der Waals surface area contributed by atoms with Crippen molar-refractivity contribution in [3.8, 4) is 0 Å². The van der Waals surface area contributed by atoms with E-state index in [0.29, 0.717) is 11.5 Å². The standard InChI is InChI=1S/C15H21BrFN/c1-15(2)8-4-3-5-14(15)18-10-11-9-12(17)6-7-13(11)16/h6-7,9,14,18H,3-5,8,10H2,1-2H3. The summed E-state index contributed by atoms with van der Waals surface area (Å²) in [4.78, 5) is 0. The first-order chi connectivity index (χ1) is 8.49. The van der Waals surface area contributed by atoms with E-state index in [0.717, 1.165) is 16.6 Å². The van der Waals surface area contributed by atoms with E-state index in [9.17, 15) is 4.39 Å². The summed E-state index contributed by atoms with van der Waals surface area (Å²) < 4.78 is 14.2. The highest BCUT2D eigenvalue weighted by atomic mass is 79.9. The minimum absolute atomic E-state index is 0.169.